The monoisotopic (exact) mass is 348 g/mol. The topological polar surface area (TPSA) is 86.9 Å². The smallest absolute Gasteiger partial charge is 0.244 e. The van der Waals surface area contributed by atoms with Crippen molar-refractivity contribution in [3.8, 4) is 0 Å². The van der Waals surface area contributed by atoms with Crippen LogP contribution >= 0.6 is 0 Å². The van der Waals surface area contributed by atoms with Crippen LogP contribution in [0, 0.1) is 12.3 Å². The summed E-state index contributed by atoms with van der Waals surface area (Å²) in [5, 5.41) is 13.7. The number of para-hydroxylation sites is 1. The molecule has 1 aliphatic carbocycles. The quantitative estimate of drug-likeness (QED) is 0.683. The number of carbonyl (C=O) groups is 2. The number of Topliss-reactive ketones (excluding diaryl/α,β-unsaturated/α-hetero) is 1. The third-order valence-electron chi connectivity index (χ3n) is 5.76. The van der Waals surface area contributed by atoms with Gasteiger partial charge in [-0.15, -0.1) is 0 Å². The highest BCUT2D eigenvalue weighted by Gasteiger charge is 2.59. The highest BCUT2D eigenvalue weighted by Crippen LogP contribution is 2.56. The van der Waals surface area contributed by atoms with Crippen LogP contribution < -0.4 is 10.6 Å². The number of allylic oxidation sites excluding steroid dienone is 1. The summed E-state index contributed by atoms with van der Waals surface area (Å²) in [5.74, 6) is 0.493. The average molecular weight is 348 g/mol. The van der Waals surface area contributed by atoms with E-state index in [-0.39, 0.29) is 17.1 Å². The van der Waals surface area contributed by atoms with E-state index in [9.17, 15) is 9.59 Å². The molecule has 1 atom stereocenters. The number of hydrogen-bond donors (Lipinski definition) is 3. The van der Waals surface area contributed by atoms with Crippen LogP contribution in [0.25, 0.3) is 0 Å². The van der Waals surface area contributed by atoms with E-state index in [2.05, 4.69) is 34.7 Å². The molecule has 0 bridgehead atoms. The third kappa shape index (κ3) is 1.69. The molecule has 0 saturated heterocycles. The number of nitrogens with zero attached hydrogens (tertiary/aromatic N) is 1. The van der Waals surface area contributed by atoms with E-state index in [1.165, 1.54) is 0 Å². The van der Waals surface area contributed by atoms with Crippen LogP contribution in [0.15, 0.2) is 35.5 Å². The Bertz CT molecular complexity index is 1030. The number of anilines is 2. The van der Waals surface area contributed by atoms with Crippen molar-refractivity contribution in [2.75, 3.05) is 10.6 Å². The molecular formula is C20H20N4O2. The molecule has 6 nitrogen and oxygen atoms in total. The standard InChI is InChI=1S/C20H20N4O2/c1-10-15-17(24-23-10)21-13-8-19(2,3)9-14(25)16(13)20(15)11-6-4-5-7-12(11)22-18(20)26/h4-7H,8-9H2,1-3H3,(H,22,26)(H2,21,23,24)/t20-/m0/s1. The van der Waals surface area contributed by atoms with Gasteiger partial charge in [0.05, 0.1) is 0 Å². The Morgan fingerprint density at radius 1 is 1.08 bits per heavy atom. The van der Waals surface area contributed by atoms with Crippen LogP contribution in [-0.4, -0.2) is 21.9 Å². The molecule has 1 aromatic carbocycles. The summed E-state index contributed by atoms with van der Waals surface area (Å²) in [6, 6.07) is 7.63. The van der Waals surface area contributed by atoms with Gasteiger partial charge in [0, 0.05) is 40.2 Å². The molecule has 6 heteroatoms. The molecule has 0 saturated carbocycles. The third-order valence-corrected chi connectivity index (χ3v) is 5.76. The van der Waals surface area contributed by atoms with Crippen molar-refractivity contribution in [2.24, 2.45) is 5.41 Å². The molecule has 0 radical (unpaired) electrons. The Balaban J connectivity index is 1.91. The van der Waals surface area contributed by atoms with Gasteiger partial charge in [-0.1, -0.05) is 32.0 Å². The van der Waals surface area contributed by atoms with Crippen LogP contribution in [0.1, 0.15) is 43.5 Å². The van der Waals surface area contributed by atoms with Gasteiger partial charge < -0.3 is 10.6 Å². The number of ketones is 1. The molecule has 2 aliphatic heterocycles. The molecule has 1 aromatic heterocycles. The number of benzene rings is 1. The number of fused-ring (bicyclic) bond motifs is 5. The fourth-order valence-corrected chi connectivity index (χ4v) is 4.86. The van der Waals surface area contributed by atoms with Crippen LogP contribution in [0.4, 0.5) is 11.5 Å². The second kappa shape index (κ2) is 4.63. The number of rotatable bonds is 0. The summed E-state index contributed by atoms with van der Waals surface area (Å²) in [6.07, 6.45) is 1.13. The van der Waals surface area contributed by atoms with E-state index in [0.29, 0.717) is 24.2 Å². The minimum atomic E-state index is -1.13. The van der Waals surface area contributed by atoms with Gasteiger partial charge in [-0.3, -0.25) is 14.7 Å². The van der Waals surface area contributed by atoms with Crippen LogP contribution in [0.3, 0.4) is 0 Å². The number of aryl methyl sites for hydroxylation is 1. The zero-order chi connectivity index (χ0) is 18.3. The van der Waals surface area contributed by atoms with Gasteiger partial charge in [0.2, 0.25) is 5.91 Å². The first-order valence-corrected chi connectivity index (χ1v) is 8.85. The highest BCUT2D eigenvalue weighted by molar-refractivity contribution is 6.20. The first-order valence-electron chi connectivity index (χ1n) is 8.85. The van der Waals surface area contributed by atoms with Gasteiger partial charge in [-0.2, -0.15) is 5.10 Å². The van der Waals surface area contributed by atoms with Crippen LogP contribution in [-0.2, 0) is 15.0 Å². The number of aromatic amines is 1. The van der Waals surface area contributed by atoms with Crippen LogP contribution in [0.2, 0.25) is 0 Å². The molecule has 3 aliphatic rings. The average Bonchev–Trinajstić information content (AvgIpc) is 3.05. The zero-order valence-corrected chi connectivity index (χ0v) is 15.0. The van der Waals surface area contributed by atoms with E-state index in [1.54, 1.807) is 0 Å². The molecule has 0 unspecified atom stereocenters. The van der Waals surface area contributed by atoms with E-state index in [0.717, 1.165) is 28.2 Å². The molecule has 1 amide bonds. The van der Waals surface area contributed by atoms with E-state index < -0.39 is 5.41 Å². The van der Waals surface area contributed by atoms with Crippen molar-refractivity contribution in [1.29, 1.82) is 0 Å². The summed E-state index contributed by atoms with van der Waals surface area (Å²) in [7, 11) is 0. The van der Waals surface area contributed by atoms with Crippen molar-refractivity contribution in [3.63, 3.8) is 0 Å². The number of hydrogen-bond acceptors (Lipinski definition) is 4. The number of amides is 1. The zero-order valence-electron chi connectivity index (χ0n) is 15.0. The van der Waals surface area contributed by atoms with E-state index in [1.807, 2.05) is 31.2 Å². The Morgan fingerprint density at radius 3 is 2.65 bits per heavy atom. The van der Waals surface area contributed by atoms with Crippen molar-refractivity contribution in [3.05, 3.63) is 52.4 Å². The van der Waals surface area contributed by atoms with E-state index in [4.69, 9.17) is 0 Å². The highest BCUT2D eigenvalue weighted by atomic mass is 16.2. The fourth-order valence-electron chi connectivity index (χ4n) is 4.86. The minimum absolute atomic E-state index is 0.0295. The Labute approximate surface area is 151 Å². The second-order valence-corrected chi connectivity index (χ2v) is 8.24. The summed E-state index contributed by atoms with van der Waals surface area (Å²) >= 11 is 0. The second-order valence-electron chi connectivity index (χ2n) is 8.24. The number of aromatic nitrogens is 2. The maximum atomic E-state index is 13.4. The van der Waals surface area contributed by atoms with E-state index >= 15 is 0 Å². The van der Waals surface area contributed by atoms with Crippen molar-refractivity contribution < 1.29 is 9.59 Å². The first-order chi connectivity index (χ1) is 12.3. The molecule has 3 N–H and O–H groups in total. The number of H-pyrrole nitrogens is 1. The molecule has 1 spiro atoms. The Morgan fingerprint density at radius 2 is 1.85 bits per heavy atom. The van der Waals surface area contributed by atoms with Crippen molar-refractivity contribution >= 4 is 23.2 Å². The van der Waals surface area contributed by atoms with Gasteiger partial charge in [-0.05, 0) is 24.8 Å². The van der Waals surface area contributed by atoms with Gasteiger partial charge >= 0.3 is 0 Å². The Hall–Kier alpha value is -2.89. The van der Waals surface area contributed by atoms with Gasteiger partial charge in [0.25, 0.3) is 0 Å². The van der Waals surface area contributed by atoms with Gasteiger partial charge in [-0.25, -0.2) is 0 Å². The molecule has 5 rings (SSSR count). The summed E-state index contributed by atoms with van der Waals surface area (Å²) in [6.45, 7) is 6.06. The SMILES string of the molecule is Cc1[nH]nc2c1[C@]1(C(=O)Nc3ccccc31)C1=C(CC(C)(C)CC1=O)N2. The molecule has 132 valence electrons. The molecule has 2 aromatic rings. The maximum Gasteiger partial charge on any atom is 0.244 e. The summed E-state index contributed by atoms with van der Waals surface area (Å²) in [5.41, 5.74) is 3.26. The normalized spacial score (nSPS) is 25.5. The van der Waals surface area contributed by atoms with Crippen molar-refractivity contribution in [1.82, 2.24) is 10.2 Å². The predicted molar refractivity (Wildman–Crippen MR) is 97.8 cm³/mol. The van der Waals surface area contributed by atoms with Crippen molar-refractivity contribution in [2.45, 2.75) is 39.0 Å². The maximum absolute atomic E-state index is 13.4. The molecule has 26 heavy (non-hydrogen) atoms. The lowest BCUT2D eigenvalue weighted by atomic mass is 9.61. The summed E-state index contributed by atoms with van der Waals surface area (Å²) in [4.78, 5) is 26.7. The minimum Gasteiger partial charge on any atom is -0.342 e. The number of carbonyl (C=O) groups excluding carboxylic acids is 2. The lowest BCUT2D eigenvalue weighted by Crippen LogP contribution is -2.47. The molecule has 3 heterocycles. The first kappa shape index (κ1) is 15.4. The Kier molecular flexibility index (Phi) is 2.74. The predicted octanol–water partition coefficient (Wildman–Crippen LogP) is 3.03. The van der Waals surface area contributed by atoms with Gasteiger partial charge in [0.15, 0.2) is 11.6 Å². The largest absolute Gasteiger partial charge is 0.342 e. The fraction of sp³-hybridized carbons (Fsp3) is 0.350. The summed E-state index contributed by atoms with van der Waals surface area (Å²) < 4.78 is 0. The lowest BCUT2D eigenvalue weighted by Gasteiger charge is -2.42. The molecule has 0 fully saturated rings. The molecular weight excluding hydrogens is 328 g/mol. The lowest BCUT2D eigenvalue weighted by molar-refractivity contribution is -0.123. The van der Waals surface area contributed by atoms with Gasteiger partial charge in [0.1, 0.15) is 5.41 Å². The van der Waals surface area contributed by atoms with Crippen LogP contribution in [0.5, 0.6) is 0 Å². The number of nitrogens with one attached hydrogen (secondary N) is 3.